The average molecular weight is 386 g/mol. The number of hydrogen-bond acceptors (Lipinski definition) is 5. The molecule has 0 aliphatic carbocycles. The van der Waals surface area contributed by atoms with Gasteiger partial charge in [0.25, 0.3) is 0 Å². The van der Waals surface area contributed by atoms with Crippen molar-refractivity contribution in [1.29, 1.82) is 0 Å². The lowest BCUT2D eigenvalue weighted by Crippen LogP contribution is -2.28. The minimum absolute atomic E-state index is 0.315. The average Bonchev–Trinajstić information content (AvgIpc) is 2.59. The zero-order valence-electron chi connectivity index (χ0n) is 13.4. The predicted molar refractivity (Wildman–Crippen MR) is 88.4 cm³/mol. The molecule has 26 heavy (non-hydrogen) atoms. The molecule has 0 saturated carbocycles. The molecule has 0 fully saturated rings. The van der Waals surface area contributed by atoms with Crippen molar-refractivity contribution in [1.82, 2.24) is 0 Å². The van der Waals surface area contributed by atoms with E-state index in [0.717, 1.165) is 12.1 Å². The third-order valence-electron chi connectivity index (χ3n) is 3.18. The summed E-state index contributed by atoms with van der Waals surface area (Å²) in [6, 6.07) is 11.4. The Kier molecular flexibility index (Phi) is 5.71. The second-order valence-electron chi connectivity index (χ2n) is 4.95. The van der Waals surface area contributed by atoms with Gasteiger partial charge in [0, 0.05) is 0 Å². The standard InChI is InChI=1S/C17H13F3O5S/c1-24-13-9-6-12(7-10-13)8-11-15(21)14-4-2-3-5-16(14)25-26(22,23)17(18,19)20/h2-11H,1H3/b11-8+. The van der Waals surface area contributed by atoms with Crippen molar-refractivity contribution in [2.75, 3.05) is 7.11 Å². The maximum absolute atomic E-state index is 12.5. The van der Waals surface area contributed by atoms with Crippen LogP contribution in [0.2, 0.25) is 0 Å². The summed E-state index contributed by atoms with van der Waals surface area (Å²) < 4.78 is 68.8. The number of allylic oxidation sites excluding steroid dienone is 1. The van der Waals surface area contributed by atoms with E-state index in [1.807, 2.05) is 0 Å². The first-order valence-electron chi connectivity index (χ1n) is 7.10. The molecule has 0 aliphatic heterocycles. The first-order chi connectivity index (χ1) is 12.1. The first kappa shape index (κ1) is 19.5. The van der Waals surface area contributed by atoms with Crippen LogP contribution >= 0.6 is 0 Å². The Balaban J connectivity index is 2.25. The number of hydrogen-bond donors (Lipinski definition) is 0. The van der Waals surface area contributed by atoms with Gasteiger partial charge in [-0.2, -0.15) is 21.6 Å². The van der Waals surface area contributed by atoms with Gasteiger partial charge in [-0.1, -0.05) is 30.3 Å². The van der Waals surface area contributed by atoms with Crippen LogP contribution in [-0.2, 0) is 10.1 Å². The lowest BCUT2D eigenvalue weighted by Gasteiger charge is -2.11. The molecule has 0 bridgehead atoms. The smallest absolute Gasteiger partial charge is 0.497 e. The lowest BCUT2D eigenvalue weighted by atomic mass is 10.1. The van der Waals surface area contributed by atoms with E-state index in [4.69, 9.17) is 4.74 Å². The molecule has 2 rings (SSSR count). The summed E-state index contributed by atoms with van der Waals surface area (Å²) in [7, 11) is -4.37. The molecule has 0 amide bonds. The van der Waals surface area contributed by atoms with E-state index in [1.54, 1.807) is 24.3 Å². The molecule has 0 aliphatic rings. The van der Waals surface area contributed by atoms with Crippen molar-refractivity contribution in [3.63, 3.8) is 0 Å². The molecular formula is C17H13F3O5S. The summed E-state index contributed by atoms with van der Waals surface area (Å²) in [6.45, 7) is 0. The number of carbonyl (C=O) groups is 1. The minimum Gasteiger partial charge on any atom is -0.497 e. The number of para-hydroxylation sites is 1. The summed E-state index contributed by atoms with van der Waals surface area (Å²) in [5.74, 6) is -0.799. The molecule has 0 unspecified atom stereocenters. The molecular weight excluding hydrogens is 373 g/mol. The van der Waals surface area contributed by atoms with Crippen molar-refractivity contribution < 1.29 is 35.3 Å². The van der Waals surface area contributed by atoms with E-state index in [-0.39, 0.29) is 5.56 Å². The first-order valence-corrected chi connectivity index (χ1v) is 8.51. The Morgan fingerprint density at radius 2 is 1.65 bits per heavy atom. The normalized spacial score (nSPS) is 12.2. The molecule has 0 radical (unpaired) electrons. The number of halogens is 3. The summed E-state index contributed by atoms with van der Waals surface area (Å²) in [5, 5.41) is 0. The molecule has 0 spiro atoms. The van der Waals surface area contributed by atoms with Crippen LogP contribution in [0.4, 0.5) is 13.2 Å². The topological polar surface area (TPSA) is 69.7 Å². The fraction of sp³-hybridized carbons (Fsp3) is 0.118. The van der Waals surface area contributed by atoms with Crippen LogP contribution in [0.3, 0.4) is 0 Å². The van der Waals surface area contributed by atoms with Crippen molar-refractivity contribution in [3.8, 4) is 11.5 Å². The Labute approximate surface area is 147 Å². The number of methoxy groups -OCH3 is 1. The number of carbonyl (C=O) groups excluding carboxylic acids is 1. The number of benzene rings is 2. The summed E-state index contributed by atoms with van der Waals surface area (Å²) in [6.07, 6.45) is 2.53. The van der Waals surface area contributed by atoms with E-state index in [9.17, 15) is 26.4 Å². The van der Waals surface area contributed by atoms with Gasteiger partial charge in [-0.25, -0.2) is 0 Å². The SMILES string of the molecule is COc1ccc(/C=C/C(=O)c2ccccc2OS(=O)(=O)C(F)(F)F)cc1. The Morgan fingerprint density at radius 3 is 2.23 bits per heavy atom. The van der Waals surface area contributed by atoms with Crippen LogP contribution in [0, 0.1) is 0 Å². The molecule has 9 heteroatoms. The fourth-order valence-electron chi connectivity index (χ4n) is 1.89. The van der Waals surface area contributed by atoms with E-state index in [2.05, 4.69) is 4.18 Å². The second-order valence-corrected chi connectivity index (χ2v) is 6.49. The van der Waals surface area contributed by atoms with Crippen molar-refractivity contribution in [3.05, 3.63) is 65.7 Å². The highest BCUT2D eigenvalue weighted by molar-refractivity contribution is 7.88. The van der Waals surface area contributed by atoms with E-state index >= 15 is 0 Å². The van der Waals surface area contributed by atoms with Gasteiger partial charge in [0.2, 0.25) is 0 Å². The van der Waals surface area contributed by atoms with Crippen LogP contribution in [0.5, 0.6) is 11.5 Å². The molecule has 0 aromatic heterocycles. The highest BCUT2D eigenvalue weighted by Crippen LogP contribution is 2.29. The number of ketones is 1. The van der Waals surface area contributed by atoms with Gasteiger partial charge in [-0.15, -0.1) is 0 Å². The van der Waals surface area contributed by atoms with Gasteiger partial charge in [-0.05, 0) is 35.9 Å². The Hall–Kier alpha value is -2.81. The van der Waals surface area contributed by atoms with Crippen LogP contribution in [0.15, 0.2) is 54.6 Å². The molecule has 0 saturated heterocycles. The highest BCUT2D eigenvalue weighted by atomic mass is 32.2. The number of rotatable bonds is 6. The van der Waals surface area contributed by atoms with Crippen LogP contribution in [0.1, 0.15) is 15.9 Å². The van der Waals surface area contributed by atoms with Gasteiger partial charge in [-0.3, -0.25) is 4.79 Å². The number of ether oxygens (including phenoxy) is 1. The van der Waals surface area contributed by atoms with Gasteiger partial charge < -0.3 is 8.92 Å². The summed E-state index contributed by atoms with van der Waals surface area (Å²) in [5.41, 5.74) is -5.27. The zero-order valence-corrected chi connectivity index (χ0v) is 14.2. The molecule has 2 aromatic carbocycles. The van der Waals surface area contributed by atoms with Crippen LogP contribution < -0.4 is 8.92 Å². The molecule has 0 N–H and O–H groups in total. The quantitative estimate of drug-likeness (QED) is 0.327. The Morgan fingerprint density at radius 1 is 1.04 bits per heavy atom. The van der Waals surface area contributed by atoms with E-state index < -0.39 is 27.2 Å². The monoisotopic (exact) mass is 386 g/mol. The van der Waals surface area contributed by atoms with Crippen LogP contribution in [0.25, 0.3) is 6.08 Å². The maximum atomic E-state index is 12.5. The third kappa shape index (κ3) is 4.63. The Bertz CT molecular complexity index is 916. The summed E-state index contributed by atoms with van der Waals surface area (Å²) >= 11 is 0. The van der Waals surface area contributed by atoms with Crippen molar-refractivity contribution >= 4 is 22.0 Å². The van der Waals surface area contributed by atoms with Gasteiger partial charge in [0.1, 0.15) is 5.75 Å². The molecule has 138 valence electrons. The fourth-order valence-corrected chi connectivity index (χ4v) is 2.36. The predicted octanol–water partition coefficient (Wildman–Crippen LogP) is 3.82. The third-order valence-corrected chi connectivity index (χ3v) is 4.14. The molecule has 5 nitrogen and oxygen atoms in total. The molecule has 0 atom stereocenters. The summed E-state index contributed by atoms with van der Waals surface area (Å²) in [4.78, 5) is 12.2. The van der Waals surface area contributed by atoms with E-state index in [0.29, 0.717) is 11.3 Å². The largest absolute Gasteiger partial charge is 0.534 e. The van der Waals surface area contributed by atoms with Gasteiger partial charge in [0.05, 0.1) is 12.7 Å². The lowest BCUT2D eigenvalue weighted by molar-refractivity contribution is -0.0500. The second kappa shape index (κ2) is 7.61. The van der Waals surface area contributed by atoms with E-state index in [1.165, 1.54) is 31.4 Å². The minimum atomic E-state index is -5.87. The number of alkyl halides is 3. The zero-order chi connectivity index (χ0) is 19.4. The van der Waals surface area contributed by atoms with Crippen molar-refractivity contribution in [2.45, 2.75) is 5.51 Å². The van der Waals surface area contributed by atoms with Gasteiger partial charge >= 0.3 is 15.6 Å². The highest BCUT2D eigenvalue weighted by Gasteiger charge is 2.48. The van der Waals surface area contributed by atoms with Crippen molar-refractivity contribution in [2.24, 2.45) is 0 Å². The molecule has 2 aromatic rings. The van der Waals surface area contributed by atoms with Crippen LogP contribution in [-0.4, -0.2) is 26.8 Å². The molecule has 0 heterocycles. The van der Waals surface area contributed by atoms with Gasteiger partial charge in [0.15, 0.2) is 11.5 Å². The maximum Gasteiger partial charge on any atom is 0.534 e.